The van der Waals surface area contributed by atoms with Crippen molar-refractivity contribution in [3.63, 3.8) is 0 Å². The fourth-order valence-electron chi connectivity index (χ4n) is 10.5. The van der Waals surface area contributed by atoms with Crippen LogP contribution in [0.15, 0.2) is 54.6 Å². The van der Waals surface area contributed by atoms with Crippen molar-refractivity contribution < 1.29 is 55.8 Å². The summed E-state index contributed by atoms with van der Waals surface area (Å²) in [5.41, 5.74) is 1.41. The Morgan fingerprint density at radius 3 is 1.31 bits per heavy atom. The number of rotatable bonds is 50. The van der Waals surface area contributed by atoms with E-state index in [0.717, 1.165) is 51.4 Å². The molecule has 0 saturated carbocycles. The maximum Gasteiger partial charge on any atom is 0.327 e. The van der Waals surface area contributed by atoms with Gasteiger partial charge in [-0.1, -0.05) is 204 Å². The highest BCUT2D eigenvalue weighted by Gasteiger charge is 2.49. The second-order valence-corrected chi connectivity index (χ2v) is 39.4. The van der Waals surface area contributed by atoms with Crippen molar-refractivity contribution >= 4 is 69.4 Å². The maximum absolute atomic E-state index is 13.7. The number of hydrogen-bond acceptors (Lipinski definition) is 10. The molecule has 0 aliphatic rings. The van der Waals surface area contributed by atoms with Gasteiger partial charge < -0.3 is 42.9 Å². The number of ketones is 1. The molecule has 0 aliphatic carbocycles. The maximum atomic E-state index is 13.7. The van der Waals surface area contributed by atoms with Crippen molar-refractivity contribution in [1.29, 1.82) is 0 Å². The lowest BCUT2D eigenvalue weighted by atomic mass is 9.96. The lowest BCUT2D eigenvalue weighted by Crippen LogP contribution is -2.61. The lowest BCUT2D eigenvalue weighted by Gasteiger charge is -2.43. The summed E-state index contributed by atoms with van der Waals surface area (Å²) in [5.74, 6) is -4.59. The summed E-state index contributed by atoms with van der Waals surface area (Å²) in [6.45, 7) is 17.0. The van der Waals surface area contributed by atoms with Crippen LogP contribution in [0, 0.1) is 11.8 Å². The van der Waals surface area contributed by atoms with Gasteiger partial charge in [0.05, 0.1) is 12.3 Å². The van der Waals surface area contributed by atoms with Crippen LogP contribution in [0.25, 0.3) is 0 Å². The van der Waals surface area contributed by atoms with Crippen LogP contribution in [-0.4, -0.2) is 106 Å². The predicted octanol–water partition coefficient (Wildman–Crippen LogP) is 14.6. The van der Waals surface area contributed by atoms with E-state index in [1.807, 2.05) is 25.7 Å². The third-order valence-electron chi connectivity index (χ3n) is 15.0. The van der Waals surface area contributed by atoms with Gasteiger partial charge in [0, 0.05) is 73.9 Å². The zero-order chi connectivity index (χ0) is 60.0. The minimum absolute atomic E-state index is 0.140. The summed E-state index contributed by atoms with van der Waals surface area (Å²) in [7, 11) is -10.6. The Kier molecular flexibility index (Phi) is 37.3. The number of carboxylic acids is 2. The average Bonchev–Trinajstić information content (AvgIpc) is 3.44. The first-order chi connectivity index (χ1) is 38.6. The van der Waals surface area contributed by atoms with Gasteiger partial charge in [0.2, 0.25) is 11.8 Å². The van der Waals surface area contributed by atoms with Gasteiger partial charge in [-0.2, -0.15) is 0 Å². The SMILES string of the molecule is CCCCCCCCCCCCCCC(CC(=O)O)C(=O)NCC[Si](C)(O[Si](C)(C)C)O[Si](C)(CCNC(=O)CC(CCCCCCCCCCCCC)C(=O)O)O[Si](C)(CCNC(=O)c1ccc(C(=O)c2ccccc2)cc1)OC. The molecule has 0 heterocycles. The smallest absolute Gasteiger partial charge is 0.327 e. The minimum Gasteiger partial charge on any atom is -0.481 e. The van der Waals surface area contributed by atoms with Crippen molar-refractivity contribution in [1.82, 2.24) is 16.0 Å². The molecule has 0 saturated heterocycles. The molecule has 5 N–H and O–H groups in total. The monoisotopic (exact) mass is 1200 g/mol. The molecular formula is C62H109N3O12Si4. The molecule has 0 fully saturated rings. The zero-order valence-electron chi connectivity index (χ0n) is 51.7. The van der Waals surface area contributed by atoms with Gasteiger partial charge in [-0.3, -0.25) is 28.8 Å². The highest BCUT2D eigenvalue weighted by atomic mass is 28.5. The fourth-order valence-corrected chi connectivity index (χ4v) is 28.3. The first-order valence-electron chi connectivity index (χ1n) is 31.2. The Morgan fingerprint density at radius 1 is 0.457 bits per heavy atom. The van der Waals surface area contributed by atoms with Gasteiger partial charge in [0.25, 0.3) is 5.91 Å². The van der Waals surface area contributed by atoms with E-state index in [4.69, 9.17) is 16.8 Å². The summed E-state index contributed by atoms with van der Waals surface area (Å²) in [6, 6.07) is 16.4. The van der Waals surface area contributed by atoms with Crippen LogP contribution in [-0.2, 0) is 35.9 Å². The van der Waals surface area contributed by atoms with E-state index in [2.05, 4.69) is 49.4 Å². The molecule has 0 spiro atoms. The van der Waals surface area contributed by atoms with Crippen LogP contribution in [0.1, 0.15) is 213 Å². The van der Waals surface area contributed by atoms with E-state index in [1.54, 1.807) is 55.6 Å². The van der Waals surface area contributed by atoms with Crippen LogP contribution < -0.4 is 16.0 Å². The summed E-state index contributed by atoms with van der Waals surface area (Å²) in [5, 5.41) is 28.9. The van der Waals surface area contributed by atoms with Crippen LogP contribution in [0.5, 0.6) is 0 Å². The number of aliphatic carboxylic acids is 2. The van der Waals surface area contributed by atoms with Crippen LogP contribution in [0.3, 0.4) is 0 Å². The Hall–Kier alpha value is -3.83. The van der Waals surface area contributed by atoms with Crippen molar-refractivity contribution in [3.8, 4) is 0 Å². The van der Waals surface area contributed by atoms with Crippen molar-refractivity contribution in [2.45, 2.75) is 245 Å². The molecule has 81 heavy (non-hydrogen) atoms. The normalized spacial score (nSPS) is 14.7. The lowest BCUT2D eigenvalue weighted by molar-refractivity contribution is -0.144. The number of carboxylic acid groups (broad SMARTS) is 2. The number of unbranched alkanes of at least 4 members (excludes halogenated alkanes) is 21. The Bertz CT molecular complexity index is 2100. The van der Waals surface area contributed by atoms with Gasteiger partial charge in [-0.25, -0.2) is 0 Å². The van der Waals surface area contributed by atoms with E-state index >= 15 is 0 Å². The second kappa shape index (κ2) is 41.2. The molecular weight excluding hydrogens is 1090 g/mol. The molecule has 2 rings (SSSR count). The van der Waals surface area contributed by atoms with E-state index in [9.17, 15) is 39.0 Å². The summed E-state index contributed by atoms with van der Waals surface area (Å²) >= 11 is 0. The van der Waals surface area contributed by atoms with Gasteiger partial charge >= 0.3 is 37.6 Å². The van der Waals surface area contributed by atoms with Crippen molar-refractivity contribution in [2.75, 3.05) is 26.7 Å². The van der Waals surface area contributed by atoms with Crippen molar-refractivity contribution in [2.24, 2.45) is 11.8 Å². The van der Waals surface area contributed by atoms with Crippen LogP contribution in [0.4, 0.5) is 0 Å². The van der Waals surface area contributed by atoms with Gasteiger partial charge in [0.15, 0.2) is 14.1 Å². The predicted molar refractivity (Wildman–Crippen MR) is 336 cm³/mol. The number of carbonyl (C=O) groups excluding carboxylic acids is 4. The van der Waals surface area contributed by atoms with E-state index in [-0.39, 0.29) is 62.0 Å². The Labute approximate surface area is 493 Å². The molecule has 0 aromatic heterocycles. The number of carbonyl (C=O) groups is 6. The van der Waals surface area contributed by atoms with E-state index in [1.165, 1.54) is 96.3 Å². The van der Waals surface area contributed by atoms with Crippen molar-refractivity contribution in [3.05, 3.63) is 71.3 Å². The molecule has 0 radical (unpaired) electrons. The molecule has 15 nitrogen and oxygen atoms in total. The molecule has 0 aliphatic heterocycles. The van der Waals surface area contributed by atoms with Crippen LogP contribution >= 0.6 is 0 Å². The molecule has 2 aromatic rings. The number of nitrogens with one attached hydrogen (secondary N) is 3. The molecule has 5 atom stereocenters. The largest absolute Gasteiger partial charge is 0.481 e. The molecule has 2 aromatic carbocycles. The third-order valence-corrected chi connectivity index (χ3v) is 30.5. The van der Waals surface area contributed by atoms with Crippen LogP contribution in [0.2, 0.25) is 57.4 Å². The molecule has 460 valence electrons. The standard InChI is InChI=1S/C62H109N3O12Si4/c1-10-12-14-16-18-20-22-24-25-27-29-32-38-55(51-58(67)68)61(71)65-46-49-80(8,75-78(4,5)6)77-81(9,48-44-63-57(66)50-56(62(72)73)39-33-30-28-26-23-21-19-17-15-13-11-2)76-79(7,74-3)47-45-64-60(70)54-42-40-53(41-43-54)59(69)52-36-34-31-35-37-52/h31,34-37,40-43,55-56H,10-30,32-33,38-39,44-51H2,1-9H3,(H,63,66)(H,64,70)(H,65,71)(H,67,68)(H,72,73). The molecule has 0 bridgehead atoms. The summed E-state index contributed by atoms with van der Waals surface area (Å²) in [4.78, 5) is 78.0. The average molecular weight is 1200 g/mol. The Balaban J connectivity index is 2.20. The van der Waals surface area contributed by atoms with E-state index < -0.39 is 57.8 Å². The van der Waals surface area contributed by atoms with E-state index in [0.29, 0.717) is 41.6 Å². The molecule has 19 heteroatoms. The minimum atomic E-state index is -3.44. The highest BCUT2D eigenvalue weighted by molar-refractivity contribution is 6.89. The van der Waals surface area contributed by atoms with Gasteiger partial charge in [0.1, 0.15) is 0 Å². The number of amides is 3. The fraction of sp³-hybridized carbons (Fsp3) is 0.710. The topological polar surface area (TPSA) is 216 Å². The Morgan fingerprint density at radius 2 is 0.852 bits per heavy atom. The quantitative estimate of drug-likeness (QED) is 0.0238. The molecule has 3 amide bonds. The van der Waals surface area contributed by atoms with Gasteiger partial charge in [-0.05, 0) is 64.3 Å². The summed E-state index contributed by atoms with van der Waals surface area (Å²) in [6.07, 6.45) is 27.4. The molecule has 5 unspecified atom stereocenters. The number of benzene rings is 2. The second-order valence-electron chi connectivity index (χ2n) is 24.0. The summed E-state index contributed by atoms with van der Waals surface area (Å²) < 4.78 is 27.5. The first kappa shape index (κ1) is 73.3. The zero-order valence-corrected chi connectivity index (χ0v) is 55.7. The highest BCUT2D eigenvalue weighted by Crippen LogP contribution is 2.31. The van der Waals surface area contributed by atoms with Gasteiger partial charge in [-0.15, -0.1) is 0 Å². The third kappa shape index (κ3) is 33.9. The first-order valence-corrected chi connectivity index (χ1v) is 42.2. The number of hydrogen-bond donors (Lipinski definition) is 5.